The van der Waals surface area contributed by atoms with Crippen molar-refractivity contribution in [3.63, 3.8) is 0 Å². The lowest BCUT2D eigenvalue weighted by Crippen LogP contribution is -2.37. The van der Waals surface area contributed by atoms with E-state index in [2.05, 4.69) is 160 Å². The average molecular weight is 1450 g/mol. The van der Waals surface area contributed by atoms with Gasteiger partial charge in [0.1, 0.15) is 19.8 Å². The van der Waals surface area contributed by atoms with E-state index >= 15 is 0 Å². The van der Waals surface area contributed by atoms with E-state index in [1.165, 1.54) is 225 Å². The van der Waals surface area contributed by atoms with Crippen molar-refractivity contribution in [1.29, 1.82) is 0 Å². The van der Waals surface area contributed by atoms with Crippen LogP contribution >= 0.6 is 7.82 Å². The fourth-order valence-electron chi connectivity index (χ4n) is 12.1. The summed E-state index contributed by atoms with van der Waals surface area (Å²) in [4.78, 5) is 36.0. The number of ether oxygens (including phenoxy) is 2. The molecule has 0 amide bonds. The molecule has 10 heteroatoms. The van der Waals surface area contributed by atoms with Crippen LogP contribution in [0.5, 0.6) is 0 Å². The van der Waals surface area contributed by atoms with Gasteiger partial charge >= 0.3 is 19.8 Å². The Morgan fingerprint density at radius 1 is 0.311 bits per heavy atom. The van der Waals surface area contributed by atoms with Crippen LogP contribution in [0, 0.1) is 0 Å². The molecule has 0 radical (unpaired) electrons. The largest absolute Gasteiger partial charge is 0.472 e. The standard InChI is InChI=1S/C93H162NO8P/c1-6-8-10-12-14-16-18-20-22-24-26-28-30-32-34-36-38-40-42-44-46-47-48-50-52-54-56-58-60-62-64-66-68-70-72-74-76-78-80-82-84-86-93(96)102-91(90-101-103(97,98)100-88-87-94(3,4)5)89-99-92(95)85-83-81-79-77-75-73-71-69-67-65-63-61-59-57-55-53-51-49-45-43-41-39-37-35-33-31-29-27-25-23-21-19-17-15-13-11-9-7-2/h8,10,14,16,20,22,26,28,32,34,38,40,44,46,48,50,54,56,60,62,66,68,72,74,91H,6-7,9,11-13,15,17-19,21,23-25,27,29-31,33,35-37,39,41-43,45,47,49,51-53,55,57-59,61,63-65,67,69-71,73,75-90H2,1-5H3/p+1/b10-8-,16-14-,22-20-,28-26-,34-32-,40-38-,46-44-,50-48-,56-54-,62-60-,68-66-,74-72-. The van der Waals surface area contributed by atoms with E-state index in [9.17, 15) is 19.0 Å². The lowest BCUT2D eigenvalue weighted by molar-refractivity contribution is -0.870. The summed E-state index contributed by atoms with van der Waals surface area (Å²) in [5, 5.41) is 0. The first-order valence-electron chi connectivity index (χ1n) is 43.1. The molecule has 1 N–H and O–H groups in total. The van der Waals surface area contributed by atoms with Crippen LogP contribution in [0.1, 0.15) is 380 Å². The van der Waals surface area contributed by atoms with Gasteiger partial charge in [0.25, 0.3) is 0 Å². The Balaban J connectivity index is 4.02. The highest BCUT2D eigenvalue weighted by molar-refractivity contribution is 7.47. The van der Waals surface area contributed by atoms with Gasteiger partial charge in [-0.05, 0) is 103 Å². The highest BCUT2D eigenvalue weighted by Gasteiger charge is 2.27. The summed E-state index contributed by atoms with van der Waals surface area (Å²) in [5.74, 6) is -0.821. The lowest BCUT2D eigenvalue weighted by Gasteiger charge is -2.24. The Kier molecular flexibility index (Phi) is 78.7. The zero-order chi connectivity index (χ0) is 74.7. The molecule has 0 aliphatic heterocycles. The summed E-state index contributed by atoms with van der Waals surface area (Å²) in [6.45, 7) is 4.33. The number of carbonyl (C=O) groups is 2. The van der Waals surface area contributed by atoms with E-state index in [0.29, 0.717) is 17.4 Å². The molecule has 0 bridgehead atoms. The first kappa shape index (κ1) is 98.9. The SMILES string of the molecule is CC/C=C\C/C=C\C/C=C\C/C=C\C/C=C\C/C=C\C/C=C\C/C=C\C/C=C\C/C=C\C/C=C\C/C=C\CCCCCCC(=O)OC(COC(=O)CCCCCCCCCCCCCCCCCCCCCCCCCCCCCCCCCCCCCCCC)COP(=O)(O)OCC[N+](C)(C)C. The van der Waals surface area contributed by atoms with E-state index in [1.54, 1.807) is 0 Å². The summed E-state index contributed by atoms with van der Waals surface area (Å²) in [6, 6.07) is 0. The molecule has 0 heterocycles. The predicted molar refractivity (Wildman–Crippen MR) is 450 cm³/mol. The monoisotopic (exact) mass is 1450 g/mol. The summed E-state index contributed by atoms with van der Waals surface area (Å²) < 4.78 is 34.8. The third kappa shape index (κ3) is 86.7. The predicted octanol–water partition coefficient (Wildman–Crippen LogP) is 29.2. The smallest absolute Gasteiger partial charge is 0.462 e. The number of esters is 2. The number of hydrogen-bond acceptors (Lipinski definition) is 7. The number of unbranched alkanes of at least 4 members (excludes halogenated alkanes) is 41. The van der Waals surface area contributed by atoms with Gasteiger partial charge in [-0.15, -0.1) is 0 Å². The number of quaternary nitrogens is 1. The van der Waals surface area contributed by atoms with Crippen LogP contribution in [-0.4, -0.2) is 74.9 Å². The number of phosphoric acid groups is 1. The van der Waals surface area contributed by atoms with Gasteiger partial charge in [-0.3, -0.25) is 18.6 Å². The molecule has 0 aliphatic rings. The third-order valence-electron chi connectivity index (χ3n) is 18.6. The minimum Gasteiger partial charge on any atom is -0.462 e. The summed E-state index contributed by atoms with van der Waals surface area (Å²) in [6.07, 6.45) is 122. The number of likely N-dealkylation sites (N-methyl/N-ethyl adjacent to an activating group) is 1. The third-order valence-corrected chi connectivity index (χ3v) is 19.6. The Labute approximate surface area is 637 Å². The molecule has 0 rings (SSSR count). The van der Waals surface area contributed by atoms with Gasteiger partial charge in [0.2, 0.25) is 0 Å². The van der Waals surface area contributed by atoms with Crippen molar-refractivity contribution in [3.8, 4) is 0 Å². The number of carbonyl (C=O) groups excluding carboxylic acids is 2. The van der Waals surface area contributed by atoms with Gasteiger partial charge in [-0.1, -0.05) is 410 Å². The van der Waals surface area contributed by atoms with E-state index in [-0.39, 0.29) is 32.0 Å². The molecular formula is C93H163NO8P+. The van der Waals surface area contributed by atoms with Gasteiger partial charge in [-0.2, -0.15) is 0 Å². The molecule has 2 atom stereocenters. The molecule has 0 aliphatic carbocycles. The van der Waals surface area contributed by atoms with Crippen LogP contribution in [-0.2, 0) is 32.7 Å². The first-order chi connectivity index (χ1) is 50.5. The number of rotatable bonds is 79. The van der Waals surface area contributed by atoms with Gasteiger partial charge in [0.15, 0.2) is 6.10 Å². The zero-order valence-electron chi connectivity index (χ0n) is 67.8. The number of hydrogen-bond donors (Lipinski definition) is 1. The molecule has 0 saturated carbocycles. The first-order valence-corrected chi connectivity index (χ1v) is 44.6. The molecule has 0 aromatic carbocycles. The van der Waals surface area contributed by atoms with E-state index < -0.39 is 26.5 Å². The Hall–Kier alpha value is -4.11. The molecule has 9 nitrogen and oxygen atoms in total. The Morgan fingerprint density at radius 2 is 0.553 bits per heavy atom. The van der Waals surface area contributed by atoms with Crippen molar-refractivity contribution in [2.75, 3.05) is 47.5 Å². The minimum absolute atomic E-state index is 0.0209. The van der Waals surface area contributed by atoms with Crippen molar-refractivity contribution in [2.45, 2.75) is 386 Å². The average Bonchev–Trinajstić information content (AvgIpc) is 0.971. The maximum atomic E-state index is 12.9. The molecular weight excluding hydrogens is 1290 g/mol. The van der Waals surface area contributed by atoms with Crippen LogP contribution in [0.25, 0.3) is 0 Å². The maximum Gasteiger partial charge on any atom is 0.472 e. The fourth-order valence-corrected chi connectivity index (χ4v) is 12.9. The maximum absolute atomic E-state index is 12.9. The molecule has 0 spiro atoms. The Morgan fingerprint density at radius 3 is 0.825 bits per heavy atom. The molecule has 2 unspecified atom stereocenters. The van der Waals surface area contributed by atoms with Crippen LogP contribution in [0.3, 0.4) is 0 Å². The molecule has 0 saturated heterocycles. The molecule has 0 fully saturated rings. The zero-order valence-corrected chi connectivity index (χ0v) is 68.7. The molecule has 0 aromatic heterocycles. The topological polar surface area (TPSA) is 108 Å². The Bertz CT molecular complexity index is 2260. The molecule has 103 heavy (non-hydrogen) atoms. The summed E-state index contributed by atoms with van der Waals surface area (Å²) in [5.41, 5.74) is 0. The van der Waals surface area contributed by atoms with Crippen molar-refractivity contribution < 1.29 is 42.1 Å². The number of phosphoric ester groups is 1. The molecule has 592 valence electrons. The van der Waals surface area contributed by atoms with Crippen LogP contribution in [0.2, 0.25) is 0 Å². The van der Waals surface area contributed by atoms with E-state index in [4.69, 9.17) is 18.5 Å². The lowest BCUT2D eigenvalue weighted by atomic mass is 10.0. The van der Waals surface area contributed by atoms with E-state index in [1.807, 2.05) is 21.1 Å². The van der Waals surface area contributed by atoms with Crippen LogP contribution in [0.4, 0.5) is 0 Å². The normalized spacial score (nSPS) is 13.7. The second-order valence-electron chi connectivity index (χ2n) is 29.8. The quantitative estimate of drug-likeness (QED) is 0.0211. The van der Waals surface area contributed by atoms with Gasteiger partial charge < -0.3 is 18.9 Å². The van der Waals surface area contributed by atoms with Gasteiger partial charge in [0.05, 0.1) is 27.7 Å². The van der Waals surface area contributed by atoms with Crippen LogP contribution < -0.4 is 0 Å². The van der Waals surface area contributed by atoms with Crippen molar-refractivity contribution in [2.24, 2.45) is 0 Å². The summed E-state index contributed by atoms with van der Waals surface area (Å²) in [7, 11) is 1.45. The molecule has 0 aromatic rings. The van der Waals surface area contributed by atoms with Gasteiger partial charge in [-0.25, -0.2) is 4.57 Å². The second kappa shape index (κ2) is 82.0. The highest BCUT2D eigenvalue weighted by atomic mass is 31.2. The fraction of sp³-hybridized carbons (Fsp3) is 0.720. The highest BCUT2D eigenvalue weighted by Crippen LogP contribution is 2.43. The number of nitrogens with zero attached hydrogens (tertiary/aromatic N) is 1. The minimum atomic E-state index is -4.41. The van der Waals surface area contributed by atoms with Crippen LogP contribution in [0.15, 0.2) is 146 Å². The van der Waals surface area contributed by atoms with Gasteiger partial charge in [0, 0.05) is 12.8 Å². The number of allylic oxidation sites excluding steroid dienone is 24. The van der Waals surface area contributed by atoms with Crippen molar-refractivity contribution in [3.05, 3.63) is 146 Å². The summed E-state index contributed by atoms with van der Waals surface area (Å²) >= 11 is 0. The van der Waals surface area contributed by atoms with Crippen molar-refractivity contribution in [1.82, 2.24) is 0 Å². The van der Waals surface area contributed by atoms with E-state index in [0.717, 1.165) is 122 Å². The second-order valence-corrected chi connectivity index (χ2v) is 31.3. The van der Waals surface area contributed by atoms with Crippen molar-refractivity contribution >= 4 is 19.8 Å².